The van der Waals surface area contributed by atoms with Crippen LogP contribution in [0.2, 0.25) is 0 Å². The maximum atomic E-state index is 12.9. The van der Waals surface area contributed by atoms with Crippen LogP contribution in [0.5, 0.6) is 5.75 Å². The van der Waals surface area contributed by atoms with Gasteiger partial charge in [0.25, 0.3) is 5.91 Å². The summed E-state index contributed by atoms with van der Waals surface area (Å²) in [5.41, 5.74) is 0.243. The van der Waals surface area contributed by atoms with Crippen LogP contribution >= 0.6 is 0 Å². The molecule has 140 valence electrons. The number of nitrogens with zero attached hydrogens (tertiary/aromatic N) is 3. The number of nitrogens with one attached hydrogen (secondary N) is 1. The minimum atomic E-state index is -3.70. The second kappa shape index (κ2) is 7.46. The van der Waals surface area contributed by atoms with E-state index in [0.29, 0.717) is 25.5 Å². The van der Waals surface area contributed by atoms with Gasteiger partial charge in [0.1, 0.15) is 16.5 Å². The molecule has 1 aliphatic heterocycles. The maximum Gasteiger partial charge on any atom is 0.256 e. The minimum absolute atomic E-state index is 0.0125. The van der Waals surface area contributed by atoms with Gasteiger partial charge in [-0.15, -0.1) is 0 Å². The van der Waals surface area contributed by atoms with Crippen molar-refractivity contribution in [2.75, 3.05) is 25.5 Å². The predicted octanol–water partition coefficient (Wildman–Crippen LogP) is 1.95. The third-order valence-corrected chi connectivity index (χ3v) is 6.29. The van der Waals surface area contributed by atoms with Gasteiger partial charge in [-0.2, -0.15) is 9.40 Å². The lowest BCUT2D eigenvalue weighted by atomic mass is 10.2. The molecule has 9 heteroatoms. The molecule has 3 rings (SSSR count). The second-order valence-electron chi connectivity index (χ2n) is 5.96. The van der Waals surface area contributed by atoms with Crippen molar-refractivity contribution in [2.24, 2.45) is 0 Å². The lowest BCUT2D eigenvalue weighted by Gasteiger charge is -2.18. The molecule has 1 fully saturated rings. The van der Waals surface area contributed by atoms with E-state index in [-0.39, 0.29) is 16.2 Å². The number of carbonyl (C=O) groups is 1. The molecule has 8 nitrogen and oxygen atoms in total. The van der Waals surface area contributed by atoms with Crippen LogP contribution in [0.25, 0.3) is 0 Å². The molecule has 2 heterocycles. The average molecular weight is 378 g/mol. The number of ether oxygens (including phenoxy) is 1. The summed E-state index contributed by atoms with van der Waals surface area (Å²) >= 11 is 0. The monoisotopic (exact) mass is 378 g/mol. The number of anilines is 1. The number of methoxy groups -OCH3 is 1. The van der Waals surface area contributed by atoms with E-state index >= 15 is 0 Å². The zero-order valence-corrected chi connectivity index (χ0v) is 15.6. The van der Waals surface area contributed by atoms with Crippen LogP contribution in [-0.4, -0.2) is 48.6 Å². The first-order chi connectivity index (χ1) is 12.5. The highest BCUT2D eigenvalue weighted by Gasteiger charge is 2.30. The quantitative estimate of drug-likeness (QED) is 0.829. The van der Waals surface area contributed by atoms with Crippen molar-refractivity contribution >= 4 is 21.7 Å². The van der Waals surface area contributed by atoms with Crippen LogP contribution in [-0.2, 0) is 16.6 Å². The van der Waals surface area contributed by atoms with Gasteiger partial charge in [-0.1, -0.05) is 0 Å². The Kier molecular flexibility index (Phi) is 5.28. The molecule has 0 unspecified atom stereocenters. The van der Waals surface area contributed by atoms with E-state index in [0.717, 1.165) is 12.8 Å². The van der Waals surface area contributed by atoms with Gasteiger partial charge in [0.05, 0.1) is 13.3 Å². The Labute approximate surface area is 152 Å². The Morgan fingerprint density at radius 3 is 2.65 bits per heavy atom. The van der Waals surface area contributed by atoms with E-state index < -0.39 is 15.9 Å². The van der Waals surface area contributed by atoms with E-state index in [9.17, 15) is 13.2 Å². The molecule has 0 spiro atoms. The number of sulfonamides is 1. The summed E-state index contributed by atoms with van der Waals surface area (Å²) in [6.07, 6.45) is 3.27. The van der Waals surface area contributed by atoms with E-state index in [1.807, 2.05) is 6.92 Å². The van der Waals surface area contributed by atoms with Gasteiger partial charge in [-0.25, -0.2) is 13.1 Å². The fourth-order valence-corrected chi connectivity index (χ4v) is 4.67. The summed E-state index contributed by atoms with van der Waals surface area (Å²) < 4.78 is 34.1. The van der Waals surface area contributed by atoms with Crippen molar-refractivity contribution in [1.82, 2.24) is 14.1 Å². The molecule has 1 aliphatic rings. The summed E-state index contributed by atoms with van der Waals surface area (Å²) in [6, 6.07) is 6.11. The molecule has 1 saturated heterocycles. The zero-order valence-electron chi connectivity index (χ0n) is 14.8. The fraction of sp³-hybridized carbons (Fsp3) is 0.412. The number of benzene rings is 1. The van der Waals surface area contributed by atoms with E-state index in [1.54, 1.807) is 23.0 Å². The van der Waals surface area contributed by atoms with Gasteiger partial charge in [-0.3, -0.25) is 4.79 Å². The van der Waals surface area contributed by atoms with Crippen LogP contribution in [0.15, 0.2) is 35.4 Å². The topological polar surface area (TPSA) is 93.5 Å². The molecule has 1 amide bonds. The lowest BCUT2D eigenvalue weighted by molar-refractivity contribution is 0.102. The van der Waals surface area contributed by atoms with Gasteiger partial charge < -0.3 is 10.1 Å². The number of hydrogen-bond donors (Lipinski definition) is 1. The number of hydrogen-bond acceptors (Lipinski definition) is 5. The van der Waals surface area contributed by atoms with Crippen LogP contribution < -0.4 is 10.1 Å². The molecule has 26 heavy (non-hydrogen) atoms. The normalized spacial score (nSPS) is 15.2. The van der Waals surface area contributed by atoms with Crippen LogP contribution in [0, 0.1) is 0 Å². The maximum absolute atomic E-state index is 12.9. The number of rotatable bonds is 6. The highest BCUT2D eigenvalue weighted by molar-refractivity contribution is 7.89. The van der Waals surface area contributed by atoms with Gasteiger partial charge in [-0.05, 0) is 38.0 Å². The third kappa shape index (κ3) is 3.45. The molecule has 2 aromatic rings. The van der Waals surface area contributed by atoms with E-state index in [1.165, 1.54) is 23.5 Å². The Morgan fingerprint density at radius 1 is 1.27 bits per heavy atom. The number of aromatic nitrogens is 2. The average Bonchev–Trinajstić information content (AvgIpc) is 3.33. The SMILES string of the molecule is CCn1nccc1NC(=O)c1ccc(OC)c(S(=O)(=O)N2CCCC2)c1. The molecule has 0 saturated carbocycles. The molecule has 0 atom stereocenters. The first-order valence-electron chi connectivity index (χ1n) is 8.48. The summed E-state index contributed by atoms with van der Waals surface area (Å²) in [5.74, 6) is 0.380. The summed E-state index contributed by atoms with van der Waals surface area (Å²) in [7, 11) is -2.29. The van der Waals surface area contributed by atoms with Crippen molar-refractivity contribution in [2.45, 2.75) is 31.2 Å². The number of carbonyl (C=O) groups excluding carboxylic acids is 1. The van der Waals surface area contributed by atoms with Crippen molar-refractivity contribution in [3.05, 3.63) is 36.0 Å². The van der Waals surface area contributed by atoms with Crippen molar-refractivity contribution < 1.29 is 17.9 Å². The number of amides is 1. The van der Waals surface area contributed by atoms with Gasteiger partial charge in [0.15, 0.2) is 0 Å². The lowest BCUT2D eigenvalue weighted by Crippen LogP contribution is -2.28. The summed E-state index contributed by atoms with van der Waals surface area (Å²) in [5, 5.41) is 6.85. The molecule has 1 aromatic carbocycles. The van der Waals surface area contributed by atoms with Crippen LogP contribution in [0.3, 0.4) is 0 Å². The standard InChI is InChI=1S/C17H22N4O4S/c1-3-21-16(8-9-18-21)19-17(22)13-6-7-14(25-2)15(12-13)26(23,24)20-10-4-5-11-20/h6-9,12H,3-5,10-11H2,1-2H3,(H,19,22). The van der Waals surface area contributed by atoms with Crippen molar-refractivity contribution in [3.63, 3.8) is 0 Å². The van der Waals surface area contributed by atoms with Crippen molar-refractivity contribution in [1.29, 1.82) is 0 Å². The fourth-order valence-electron chi connectivity index (χ4n) is 2.97. The Hall–Kier alpha value is -2.39. The third-order valence-electron chi connectivity index (χ3n) is 4.37. The molecule has 0 aliphatic carbocycles. The first kappa shape index (κ1) is 18.4. The summed E-state index contributed by atoms with van der Waals surface area (Å²) in [6.45, 7) is 3.49. The Bertz CT molecular complexity index is 901. The van der Waals surface area contributed by atoms with Gasteiger partial charge >= 0.3 is 0 Å². The Morgan fingerprint density at radius 2 is 2.00 bits per heavy atom. The smallest absolute Gasteiger partial charge is 0.256 e. The summed E-state index contributed by atoms with van der Waals surface area (Å²) in [4.78, 5) is 12.6. The number of aryl methyl sites for hydroxylation is 1. The second-order valence-corrected chi connectivity index (χ2v) is 7.87. The van der Waals surface area contributed by atoms with Crippen molar-refractivity contribution in [3.8, 4) is 5.75 Å². The largest absolute Gasteiger partial charge is 0.495 e. The van der Waals surface area contributed by atoms with E-state index in [4.69, 9.17) is 4.74 Å². The molecule has 0 bridgehead atoms. The van der Waals surface area contributed by atoms with Crippen LogP contribution in [0.1, 0.15) is 30.1 Å². The van der Waals surface area contributed by atoms with E-state index in [2.05, 4.69) is 10.4 Å². The zero-order chi connectivity index (χ0) is 18.7. The molecular weight excluding hydrogens is 356 g/mol. The molecule has 1 aromatic heterocycles. The highest BCUT2D eigenvalue weighted by Crippen LogP contribution is 2.30. The predicted molar refractivity (Wildman–Crippen MR) is 96.8 cm³/mol. The van der Waals surface area contributed by atoms with Gasteiger partial charge in [0, 0.05) is 31.3 Å². The molecule has 0 radical (unpaired) electrons. The molecule has 1 N–H and O–H groups in total. The van der Waals surface area contributed by atoms with Gasteiger partial charge in [0.2, 0.25) is 10.0 Å². The minimum Gasteiger partial charge on any atom is -0.495 e. The molecular formula is C17H22N4O4S. The first-order valence-corrected chi connectivity index (χ1v) is 9.92. The highest BCUT2D eigenvalue weighted by atomic mass is 32.2. The Balaban J connectivity index is 1.93. The van der Waals surface area contributed by atoms with Crippen LogP contribution in [0.4, 0.5) is 5.82 Å².